The van der Waals surface area contributed by atoms with Gasteiger partial charge in [0.2, 0.25) is 5.76 Å². The molecule has 2 aliphatic heterocycles. The molecule has 0 radical (unpaired) electrons. The Morgan fingerprint density at radius 3 is 3.00 bits per heavy atom. The number of likely N-dealkylation sites (tertiary alicyclic amines) is 1. The van der Waals surface area contributed by atoms with Crippen molar-refractivity contribution in [3.63, 3.8) is 0 Å². The summed E-state index contributed by atoms with van der Waals surface area (Å²) < 4.78 is 5.03. The molecular formula is C12H18ClN3O2. The summed E-state index contributed by atoms with van der Waals surface area (Å²) in [5, 5.41) is 7.16. The molecule has 0 aliphatic carbocycles. The highest BCUT2D eigenvalue weighted by Gasteiger charge is 2.35. The molecule has 3 rings (SSSR count). The Hall–Kier alpha value is -1.07. The lowest BCUT2D eigenvalue weighted by Crippen LogP contribution is -2.43. The Balaban J connectivity index is 0.00000120. The van der Waals surface area contributed by atoms with Crippen molar-refractivity contribution in [3.05, 3.63) is 17.5 Å². The first-order valence-corrected chi connectivity index (χ1v) is 6.17. The molecular weight excluding hydrogens is 254 g/mol. The van der Waals surface area contributed by atoms with Gasteiger partial charge in [-0.3, -0.25) is 4.79 Å². The van der Waals surface area contributed by atoms with E-state index in [0.29, 0.717) is 11.7 Å². The van der Waals surface area contributed by atoms with Crippen LogP contribution in [0.2, 0.25) is 0 Å². The number of carbonyl (C=O) groups is 1. The maximum atomic E-state index is 12.2. The zero-order chi connectivity index (χ0) is 11.8. The van der Waals surface area contributed by atoms with Gasteiger partial charge in [-0.25, -0.2) is 0 Å². The predicted octanol–water partition coefficient (Wildman–Crippen LogP) is 1.09. The number of carbonyl (C=O) groups excluding carboxylic acids is 1. The van der Waals surface area contributed by atoms with Crippen LogP contribution < -0.4 is 5.32 Å². The van der Waals surface area contributed by atoms with Crippen LogP contribution in [0.3, 0.4) is 0 Å². The van der Waals surface area contributed by atoms with E-state index in [1.807, 2.05) is 11.8 Å². The Morgan fingerprint density at radius 1 is 1.50 bits per heavy atom. The second-order valence-electron chi connectivity index (χ2n) is 5.05. The van der Waals surface area contributed by atoms with E-state index in [4.69, 9.17) is 4.52 Å². The third kappa shape index (κ3) is 2.37. The van der Waals surface area contributed by atoms with Crippen LogP contribution in [0, 0.1) is 18.8 Å². The first-order valence-electron chi connectivity index (χ1n) is 6.17. The highest BCUT2D eigenvalue weighted by atomic mass is 35.5. The second-order valence-corrected chi connectivity index (χ2v) is 5.05. The summed E-state index contributed by atoms with van der Waals surface area (Å²) in [5.74, 6) is 1.70. The standard InChI is InChI=1S/C12H17N3O2.ClH/c1-8-4-11(17-14-8)12(16)15-3-2-9-5-13-6-10(9)7-15;/h4,9-10,13H,2-3,5-7H2,1H3;1H. The lowest BCUT2D eigenvalue weighted by molar-refractivity contribution is 0.0601. The first kappa shape index (κ1) is 13.4. The largest absolute Gasteiger partial charge is 0.351 e. The average Bonchev–Trinajstić information content (AvgIpc) is 2.95. The quantitative estimate of drug-likeness (QED) is 0.831. The van der Waals surface area contributed by atoms with Crippen molar-refractivity contribution in [1.82, 2.24) is 15.4 Å². The van der Waals surface area contributed by atoms with E-state index in [1.165, 1.54) is 0 Å². The smallest absolute Gasteiger partial charge is 0.292 e. The van der Waals surface area contributed by atoms with E-state index < -0.39 is 0 Å². The van der Waals surface area contributed by atoms with Crippen molar-refractivity contribution >= 4 is 18.3 Å². The summed E-state index contributed by atoms with van der Waals surface area (Å²) in [6.45, 7) is 5.64. The van der Waals surface area contributed by atoms with Crippen LogP contribution in [0.25, 0.3) is 0 Å². The molecule has 2 aliphatic rings. The molecule has 0 spiro atoms. The van der Waals surface area contributed by atoms with Crippen LogP contribution >= 0.6 is 12.4 Å². The van der Waals surface area contributed by atoms with Gasteiger partial charge >= 0.3 is 0 Å². The van der Waals surface area contributed by atoms with Crippen molar-refractivity contribution in [2.75, 3.05) is 26.2 Å². The van der Waals surface area contributed by atoms with Gasteiger partial charge in [0.1, 0.15) is 0 Å². The molecule has 0 saturated carbocycles. The number of amides is 1. The number of aromatic nitrogens is 1. The van der Waals surface area contributed by atoms with Gasteiger partial charge in [0.05, 0.1) is 5.69 Å². The number of halogens is 1. The van der Waals surface area contributed by atoms with Gasteiger partial charge in [0.15, 0.2) is 0 Å². The molecule has 3 heterocycles. The molecule has 2 fully saturated rings. The van der Waals surface area contributed by atoms with Gasteiger partial charge in [0, 0.05) is 19.2 Å². The summed E-state index contributed by atoms with van der Waals surface area (Å²) in [6.07, 6.45) is 1.09. The molecule has 0 aromatic carbocycles. The molecule has 1 N–H and O–H groups in total. The molecule has 18 heavy (non-hydrogen) atoms. The number of piperidine rings is 1. The maximum absolute atomic E-state index is 12.2. The van der Waals surface area contributed by atoms with E-state index in [1.54, 1.807) is 6.07 Å². The third-order valence-electron chi connectivity index (χ3n) is 3.83. The number of hydrogen-bond donors (Lipinski definition) is 1. The monoisotopic (exact) mass is 271 g/mol. The molecule has 100 valence electrons. The van der Waals surface area contributed by atoms with E-state index in [2.05, 4.69) is 10.5 Å². The van der Waals surface area contributed by atoms with Crippen LogP contribution in [0.1, 0.15) is 22.7 Å². The van der Waals surface area contributed by atoms with E-state index in [0.717, 1.165) is 44.2 Å². The van der Waals surface area contributed by atoms with Crippen molar-refractivity contribution < 1.29 is 9.32 Å². The summed E-state index contributed by atoms with van der Waals surface area (Å²) in [5.41, 5.74) is 0.755. The number of nitrogens with zero attached hydrogens (tertiary/aromatic N) is 2. The number of aryl methyl sites for hydroxylation is 1. The molecule has 1 aromatic heterocycles. The Kier molecular flexibility index (Phi) is 3.92. The van der Waals surface area contributed by atoms with Gasteiger partial charge in [-0.05, 0) is 38.3 Å². The molecule has 5 nitrogen and oxygen atoms in total. The second kappa shape index (κ2) is 5.28. The van der Waals surface area contributed by atoms with Crippen molar-refractivity contribution in [1.29, 1.82) is 0 Å². The van der Waals surface area contributed by atoms with Crippen LogP contribution in [-0.2, 0) is 0 Å². The van der Waals surface area contributed by atoms with Gasteiger partial charge < -0.3 is 14.7 Å². The van der Waals surface area contributed by atoms with E-state index in [9.17, 15) is 4.79 Å². The molecule has 2 saturated heterocycles. The number of rotatable bonds is 1. The molecule has 1 aromatic rings. The summed E-state index contributed by atoms with van der Waals surface area (Å²) >= 11 is 0. The fourth-order valence-electron chi connectivity index (χ4n) is 2.84. The number of nitrogens with one attached hydrogen (secondary N) is 1. The minimum atomic E-state index is -0.0176. The third-order valence-corrected chi connectivity index (χ3v) is 3.83. The normalized spacial score (nSPS) is 26.6. The molecule has 0 bridgehead atoms. The maximum Gasteiger partial charge on any atom is 0.292 e. The van der Waals surface area contributed by atoms with Gasteiger partial charge in [-0.1, -0.05) is 5.16 Å². The lowest BCUT2D eigenvalue weighted by atomic mass is 9.88. The Labute approximate surface area is 112 Å². The van der Waals surface area contributed by atoms with Crippen molar-refractivity contribution in [2.45, 2.75) is 13.3 Å². The zero-order valence-corrected chi connectivity index (χ0v) is 11.2. The molecule has 1 amide bonds. The Morgan fingerprint density at radius 2 is 2.28 bits per heavy atom. The van der Waals surface area contributed by atoms with Crippen LogP contribution in [0.15, 0.2) is 10.6 Å². The fraction of sp³-hybridized carbons (Fsp3) is 0.667. The zero-order valence-electron chi connectivity index (χ0n) is 10.4. The van der Waals surface area contributed by atoms with Gasteiger partial charge in [0.25, 0.3) is 5.91 Å². The Bertz CT molecular complexity index is 435. The summed E-state index contributed by atoms with van der Waals surface area (Å²) in [6, 6.07) is 1.71. The summed E-state index contributed by atoms with van der Waals surface area (Å²) in [4.78, 5) is 14.1. The minimum Gasteiger partial charge on any atom is -0.351 e. The number of hydrogen-bond acceptors (Lipinski definition) is 4. The first-order chi connectivity index (χ1) is 8.24. The van der Waals surface area contributed by atoms with Crippen molar-refractivity contribution in [2.24, 2.45) is 11.8 Å². The van der Waals surface area contributed by atoms with Gasteiger partial charge in [-0.15, -0.1) is 12.4 Å². The van der Waals surface area contributed by atoms with Crippen LogP contribution in [-0.4, -0.2) is 42.1 Å². The summed E-state index contributed by atoms with van der Waals surface area (Å²) in [7, 11) is 0. The van der Waals surface area contributed by atoms with Gasteiger partial charge in [-0.2, -0.15) is 0 Å². The predicted molar refractivity (Wildman–Crippen MR) is 68.9 cm³/mol. The van der Waals surface area contributed by atoms with E-state index in [-0.39, 0.29) is 18.3 Å². The average molecular weight is 272 g/mol. The van der Waals surface area contributed by atoms with Crippen molar-refractivity contribution in [3.8, 4) is 0 Å². The highest BCUT2D eigenvalue weighted by molar-refractivity contribution is 5.91. The molecule has 2 atom stereocenters. The van der Waals surface area contributed by atoms with Crippen LogP contribution in [0.5, 0.6) is 0 Å². The highest BCUT2D eigenvalue weighted by Crippen LogP contribution is 2.27. The lowest BCUT2D eigenvalue weighted by Gasteiger charge is -2.33. The fourth-order valence-corrected chi connectivity index (χ4v) is 2.84. The molecule has 6 heteroatoms. The van der Waals surface area contributed by atoms with Crippen LogP contribution in [0.4, 0.5) is 0 Å². The minimum absolute atomic E-state index is 0. The topological polar surface area (TPSA) is 58.4 Å². The van der Waals surface area contributed by atoms with E-state index >= 15 is 0 Å². The SMILES string of the molecule is Cc1cc(C(=O)N2CCC3CNCC3C2)on1.Cl. The number of fused-ring (bicyclic) bond motifs is 1. The molecule has 2 unspecified atom stereocenters.